The average Bonchev–Trinajstić information content (AvgIpc) is 3.58. The van der Waals surface area contributed by atoms with Crippen LogP contribution in [0.4, 0.5) is 0 Å². The normalized spacial score (nSPS) is 15.5. The monoisotopic (exact) mass is 659 g/mol. The molecule has 1 unspecified atom stereocenters. The van der Waals surface area contributed by atoms with Gasteiger partial charge >= 0.3 is 0 Å². The Balaban J connectivity index is 1.14. The summed E-state index contributed by atoms with van der Waals surface area (Å²) >= 11 is 1.87. The number of benzene rings is 6. The van der Waals surface area contributed by atoms with Crippen LogP contribution in [-0.4, -0.2) is 15.0 Å². The predicted octanol–water partition coefficient (Wildman–Crippen LogP) is 12.3. The van der Waals surface area contributed by atoms with E-state index in [1.54, 1.807) is 0 Å². The van der Waals surface area contributed by atoms with Crippen LogP contribution in [0.2, 0.25) is 0 Å². The molecule has 50 heavy (non-hydrogen) atoms. The largest absolute Gasteiger partial charge is 0.212 e. The summed E-state index contributed by atoms with van der Waals surface area (Å²) < 4.78 is 2.58. The van der Waals surface area contributed by atoms with Crippen LogP contribution >= 0.6 is 11.3 Å². The molecule has 0 radical (unpaired) electrons. The Kier molecular flexibility index (Phi) is 7.52. The Morgan fingerprint density at radius 1 is 0.480 bits per heavy atom. The van der Waals surface area contributed by atoms with E-state index in [9.17, 15) is 0 Å². The van der Waals surface area contributed by atoms with Crippen LogP contribution < -0.4 is 0 Å². The van der Waals surface area contributed by atoms with Crippen molar-refractivity contribution in [3.63, 3.8) is 0 Å². The Hall–Kier alpha value is -5.97. The fraction of sp³-hybridized carbons (Fsp3) is 0.0652. The summed E-state index contributed by atoms with van der Waals surface area (Å²) in [5.41, 5.74) is 8.93. The molecule has 8 aromatic rings. The topological polar surface area (TPSA) is 38.7 Å². The zero-order valence-electron chi connectivity index (χ0n) is 27.6. The summed E-state index contributed by atoms with van der Waals surface area (Å²) in [6.45, 7) is 2.20. The minimum Gasteiger partial charge on any atom is -0.212 e. The predicted molar refractivity (Wildman–Crippen MR) is 210 cm³/mol. The standard InChI is InChI=1S/C46H33N3S/c1-46(28-9-4-10-29-46)45-48-43(34-16-7-3-8-17-34)47-44(49-45)36-19-11-18-35(30-36)38-21-13-23-40-39-22-12-20-37(41(39)50-42(38)40)33-26-24-32(25-27-33)31-14-5-2-6-15-31/h2-28,30H,29H2,1H3. The molecule has 2 heterocycles. The molecular weight excluding hydrogens is 627 g/mol. The Labute approximate surface area is 296 Å². The van der Waals surface area contributed by atoms with Crippen LogP contribution in [0.5, 0.6) is 0 Å². The van der Waals surface area contributed by atoms with E-state index in [2.05, 4.69) is 159 Å². The Morgan fingerprint density at radius 3 is 1.68 bits per heavy atom. The molecule has 0 saturated heterocycles. The van der Waals surface area contributed by atoms with Crippen LogP contribution in [0.15, 0.2) is 170 Å². The SMILES string of the molecule is CC1(c2nc(-c3ccccc3)nc(-c3cccc(-c4cccc5c4sc4c(-c6ccc(-c7ccccc7)cc6)cccc45)c3)n2)C=CC=CC1. The molecule has 1 aliphatic carbocycles. The summed E-state index contributed by atoms with van der Waals surface area (Å²) in [6.07, 6.45) is 9.40. The third kappa shape index (κ3) is 5.44. The van der Waals surface area contributed by atoms with Crippen LogP contribution in [0.1, 0.15) is 19.2 Å². The average molecular weight is 660 g/mol. The van der Waals surface area contributed by atoms with Gasteiger partial charge in [0.1, 0.15) is 5.82 Å². The molecule has 1 aliphatic rings. The molecular formula is C46H33N3S. The molecule has 0 spiro atoms. The molecule has 2 aromatic heterocycles. The molecule has 6 aromatic carbocycles. The number of hydrogen-bond donors (Lipinski definition) is 0. The van der Waals surface area contributed by atoms with Gasteiger partial charge in [-0.1, -0.05) is 164 Å². The molecule has 1 atom stereocenters. The van der Waals surface area contributed by atoms with Crippen molar-refractivity contribution in [2.24, 2.45) is 0 Å². The highest BCUT2D eigenvalue weighted by Crippen LogP contribution is 2.44. The van der Waals surface area contributed by atoms with Crippen molar-refractivity contribution in [1.82, 2.24) is 15.0 Å². The van der Waals surface area contributed by atoms with Crippen LogP contribution in [-0.2, 0) is 5.41 Å². The van der Waals surface area contributed by atoms with Crippen molar-refractivity contribution in [3.05, 3.63) is 176 Å². The minimum atomic E-state index is -0.310. The number of nitrogens with zero attached hydrogens (tertiary/aromatic N) is 3. The van der Waals surface area contributed by atoms with Crippen LogP contribution in [0, 0.1) is 0 Å². The van der Waals surface area contributed by atoms with E-state index in [-0.39, 0.29) is 5.41 Å². The smallest absolute Gasteiger partial charge is 0.163 e. The van der Waals surface area contributed by atoms with Gasteiger partial charge in [-0.3, -0.25) is 0 Å². The molecule has 9 rings (SSSR count). The Bertz CT molecular complexity index is 2570. The number of rotatable bonds is 6. The molecule has 4 heteroatoms. The molecule has 0 bridgehead atoms. The van der Waals surface area contributed by atoms with Crippen LogP contribution in [0.25, 0.3) is 76.3 Å². The van der Waals surface area contributed by atoms with E-state index in [0.29, 0.717) is 11.6 Å². The first-order valence-corrected chi connectivity index (χ1v) is 17.8. The molecule has 3 nitrogen and oxygen atoms in total. The van der Waals surface area contributed by atoms with Crippen molar-refractivity contribution in [3.8, 4) is 56.2 Å². The van der Waals surface area contributed by atoms with Gasteiger partial charge in [0.05, 0.1) is 0 Å². The lowest BCUT2D eigenvalue weighted by atomic mass is 9.83. The maximum absolute atomic E-state index is 5.12. The number of hydrogen-bond acceptors (Lipinski definition) is 4. The first-order valence-electron chi connectivity index (χ1n) is 17.0. The molecule has 0 fully saturated rings. The third-order valence-electron chi connectivity index (χ3n) is 9.69. The highest BCUT2D eigenvalue weighted by Gasteiger charge is 2.29. The van der Waals surface area contributed by atoms with E-state index in [0.717, 1.165) is 28.9 Å². The van der Waals surface area contributed by atoms with E-state index in [1.165, 1.54) is 48.0 Å². The molecule has 0 N–H and O–H groups in total. The Morgan fingerprint density at radius 2 is 1.02 bits per heavy atom. The van der Waals surface area contributed by atoms with Crippen molar-refractivity contribution in [2.45, 2.75) is 18.8 Å². The van der Waals surface area contributed by atoms with Gasteiger partial charge in [-0.2, -0.15) is 0 Å². The van der Waals surface area contributed by atoms with Gasteiger partial charge in [0.25, 0.3) is 0 Å². The molecule has 238 valence electrons. The first-order chi connectivity index (χ1) is 24.6. The second-order valence-corrected chi connectivity index (χ2v) is 14.1. The van der Waals surface area contributed by atoms with Crippen LogP contribution in [0.3, 0.4) is 0 Å². The zero-order chi connectivity index (χ0) is 33.5. The summed E-state index contributed by atoms with van der Waals surface area (Å²) in [4.78, 5) is 15.2. The lowest BCUT2D eigenvalue weighted by Crippen LogP contribution is -2.24. The maximum atomic E-state index is 5.12. The number of allylic oxidation sites excluding steroid dienone is 4. The van der Waals surface area contributed by atoms with E-state index < -0.39 is 0 Å². The zero-order valence-corrected chi connectivity index (χ0v) is 28.4. The highest BCUT2D eigenvalue weighted by molar-refractivity contribution is 7.26. The van der Waals surface area contributed by atoms with Crippen molar-refractivity contribution in [1.29, 1.82) is 0 Å². The van der Waals surface area contributed by atoms with Gasteiger partial charge in [-0.25, -0.2) is 15.0 Å². The first kappa shape index (κ1) is 30.1. The van der Waals surface area contributed by atoms with Gasteiger partial charge < -0.3 is 0 Å². The lowest BCUT2D eigenvalue weighted by Gasteiger charge is -2.25. The highest BCUT2D eigenvalue weighted by atomic mass is 32.1. The summed E-state index contributed by atoms with van der Waals surface area (Å²) in [7, 11) is 0. The lowest BCUT2D eigenvalue weighted by molar-refractivity contribution is 0.554. The maximum Gasteiger partial charge on any atom is 0.163 e. The molecule has 0 aliphatic heterocycles. The quantitative estimate of drug-likeness (QED) is 0.178. The van der Waals surface area contributed by atoms with Gasteiger partial charge in [-0.15, -0.1) is 11.3 Å². The van der Waals surface area contributed by atoms with E-state index in [1.807, 2.05) is 29.5 Å². The second kappa shape index (κ2) is 12.5. The summed E-state index contributed by atoms with van der Waals surface area (Å²) in [5, 5.41) is 2.56. The van der Waals surface area contributed by atoms with Gasteiger partial charge in [-0.05, 0) is 52.8 Å². The fourth-order valence-electron chi connectivity index (χ4n) is 6.94. The fourth-order valence-corrected chi connectivity index (χ4v) is 8.32. The third-order valence-corrected chi connectivity index (χ3v) is 11.0. The van der Waals surface area contributed by atoms with Gasteiger partial charge in [0, 0.05) is 36.7 Å². The molecule has 0 amide bonds. The number of fused-ring (bicyclic) bond motifs is 3. The van der Waals surface area contributed by atoms with Crippen molar-refractivity contribution < 1.29 is 0 Å². The van der Waals surface area contributed by atoms with Gasteiger partial charge in [0.15, 0.2) is 11.6 Å². The minimum absolute atomic E-state index is 0.310. The molecule has 0 saturated carbocycles. The second-order valence-electron chi connectivity index (χ2n) is 13.1. The van der Waals surface area contributed by atoms with E-state index in [4.69, 9.17) is 15.0 Å². The van der Waals surface area contributed by atoms with Gasteiger partial charge in [0.2, 0.25) is 0 Å². The number of aromatic nitrogens is 3. The summed E-state index contributed by atoms with van der Waals surface area (Å²) in [5.74, 6) is 2.16. The van der Waals surface area contributed by atoms with Crippen molar-refractivity contribution >= 4 is 31.5 Å². The van der Waals surface area contributed by atoms with Crippen molar-refractivity contribution in [2.75, 3.05) is 0 Å². The summed E-state index contributed by atoms with van der Waals surface area (Å²) in [6, 6.07) is 51.7. The number of thiophene rings is 1. The van der Waals surface area contributed by atoms with E-state index >= 15 is 0 Å².